The van der Waals surface area contributed by atoms with Gasteiger partial charge in [0.05, 0.1) is 10.7 Å². The highest BCUT2D eigenvalue weighted by Gasteiger charge is 2.14. The molecule has 4 nitrogen and oxygen atoms in total. The molecule has 0 fully saturated rings. The lowest BCUT2D eigenvalue weighted by atomic mass is 10.0. The molecule has 156 valence electrons. The third-order valence-corrected chi connectivity index (χ3v) is 5.73. The second kappa shape index (κ2) is 10.7. The van der Waals surface area contributed by atoms with Gasteiger partial charge in [0.1, 0.15) is 0 Å². The zero-order valence-corrected chi connectivity index (χ0v) is 18.2. The van der Waals surface area contributed by atoms with Gasteiger partial charge >= 0.3 is 0 Å². The Morgan fingerprint density at radius 1 is 1.10 bits per heavy atom. The predicted molar refractivity (Wildman–Crippen MR) is 122 cm³/mol. The monoisotopic (exact) mass is 413 g/mol. The fraction of sp³-hybridized carbons (Fsp3) is 0.458. The number of carbonyl (C=O) groups is 1. The van der Waals surface area contributed by atoms with Crippen molar-refractivity contribution in [1.82, 2.24) is 10.6 Å². The standard InChI is InChI=1S/C24H32ClN3O/c1-17(2)4-3-13-27-24(29)20-7-5-18(6-8-20)16-28-23-21-12-15-26-14-11-19(21)9-10-22(23)25/h5-10,17,26,28H,3-4,11-16H2,1-2H3,(H,27,29). The Hall–Kier alpha value is -2.04. The highest BCUT2D eigenvalue weighted by Crippen LogP contribution is 2.31. The first-order chi connectivity index (χ1) is 14.0. The van der Waals surface area contributed by atoms with Gasteiger partial charge in [-0.2, -0.15) is 0 Å². The maximum atomic E-state index is 12.3. The summed E-state index contributed by atoms with van der Waals surface area (Å²) in [6.45, 7) is 7.79. The number of amides is 1. The van der Waals surface area contributed by atoms with E-state index in [0.29, 0.717) is 18.0 Å². The minimum atomic E-state index is -0.00260. The average molecular weight is 414 g/mol. The molecule has 2 aromatic rings. The van der Waals surface area contributed by atoms with Crippen molar-refractivity contribution in [2.45, 2.75) is 46.1 Å². The molecule has 1 heterocycles. The van der Waals surface area contributed by atoms with Crippen LogP contribution < -0.4 is 16.0 Å². The van der Waals surface area contributed by atoms with Crippen LogP contribution in [0.5, 0.6) is 0 Å². The van der Waals surface area contributed by atoms with Crippen molar-refractivity contribution in [1.29, 1.82) is 0 Å². The number of hydrogen-bond acceptors (Lipinski definition) is 3. The van der Waals surface area contributed by atoms with E-state index < -0.39 is 0 Å². The lowest BCUT2D eigenvalue weighted by Gasteiger charge is -2.16. The summed E-state index contributed by atoms with van der Waals surface area (Å²) >= 11 is 6.49. The van der Waals surface area contributed by atoms with Crippen molar-refractivity contribution in [3.63, 3.8) is 0 Å². The largest absolute Gasteiger partial charge is 0.380 e. The summed E-state index contributed by atoms with van der Waals surface area (Å²) in [5.74, 6) is 0.667. The van der Waals surface area contributed by atoms with Gasteiger partial charge in [0, 0.05) is 18.7 Å². The van der Waals surface area contributed by atoms with Crippen LogP contribution in [0.15, 0.2) is 36.4 Å². The van der Waals surface area contributed by atoms with Gasteiger partial charge in [-0.05, 0) is 79.6 Å². The zero-order chi connectivity index (χ0) is 20.6. The van der Waals surface area contributed by atoms with Crippen molar-refractivity contribution in [2.75, 3.05) is 25.0 Å². The Balaban J connectivity index is 1.58. The van der Waals surface area contributed by atoms with E-state index in [2.05, 4.69) is 35.9 Å². The Labute approximate surface area is 179 Å². The Morgan fingerprint density at radius 2 is 1.86 bits per heavy atom. The van der Waals surface area contributed by atoms with Crippen molar-refractivity contribution in [2.24, 2.45) is 5.92 Å². The van der Waals surface area contributed by atoms with Crippen molar-refractivity contribution >= 4 is 23.2 Å². The summed E-state index contributed by atoms with van der Waals surface area (Å²) < 4.78 is 0. The molecule has 0 spiro atoms. The number of nitrogens with one attached hydrogen (secondary N) is 3. The molecule has 3 N–H and O–H groups in total. The molecule has 3 rings (SSSR count). The second-order valence-electron chi connectivity index (χ2n) is 8.15. The number of carbonyl (C=O) groups excluding carboxylic acids is 1. The molecule has 1 amide bonds. The summed E-state index contributed by atoms with van der Waals surface area (Å²) in [6, 6.07) is 11.9. The van der Waals surface area contributed by atoms with Crippen molar-refractivity contribution in [3.05, 3.63) is 63.7 Å². The van der Waals surface area contributed by atoms with Gasteiger partial charge in [-0.25, -0.2) is 0 Å². The lowest BCUT2D eigenvalue weighted by molar-refractivity contribution is 0.0952. The maximum Gasteiger partial charge on any atom is 0.251 e. The molecule has 0 saturated carbocycles. The molecule has 0 radical (unpaired) electrons. The number of fused-ring (bicyclic) bond motifs is 1. The smallest absolute Gasteiger partial charge is 0.251 e. The van der Waals surface area contributed by atoms with Gasteiger partial charge in [-0.1, -0.05) is 43.6 Å². The van der Waals surface area contributed by atoms with Crippen LogP contribution in [0.2, 0.25) is 5.02 Å². The van der Waals surface area contributed by atoms with Gasteiger partial charge in [-0.3, -0.25) is 4.79 Å². The zero-order valence-electron chi connectivity index (χ0n) is 17.5. The van der Waals surface area contributed by atoms with E-state index in [1.807, 2.05) is 30.3 Å². The van der Waals surface area contributed by atoms with Gasteiger partial charge < -0.3 is 16.0 Å². The lowest BCUT2D eigenvalue weighted by Crippen LogP contribution is -2.24. The van der Waals surface area contributed by atoms with Gasteiger partial charge in [0.25, 0.3) is 5.91 Å². The minimum absolute atomic E-state index is 0.00260. The number of rotatable bonds is 8. The van der Waals surface area contributed by atoms with Crippen LogP contribution in [0.1, 0.15) is 53.7 Å². The molecule has 29 heavy (non-hydrogen) atoms. The normalized spacial score (nSPS) is 13.7. The molecule has 0 saturated heterocycles. The third-order valence-electron chi connectivity index (χ3n) is 5.41. The molecule has 2 aromatic carbocycles. The molecule has 0 aromatic heterocycles. The molecular weight excluding hydrogens is 382 g/mol. The van der Waals surface area contributed by atoms with Crippen molar-refractivity contribution in [3.8, 4) is 0 Å². The summed E-state index contributed by atoms with van der Waals surface area (Å²) in [5.41, 5.74) is 5.56. The molecule has 0 bridgehead atoms. The summed E-state index contributed by atoms with van der Waals surface area (Å²) in [5, 5.41) is 10.7. The van der Waals surface area contributed by atoms with Gasteiger partial charge in [0.15, 0.2) is 0 Å². The van der Waals surface area contributed by atoms with Crippen LogP contribution in [0.4, 0.5) is 5.69 Å². The van der Waals surface area contributed by atoms with E-state index in [-0.39, 0.29) is 5.91 Å². The predicted octanol–water partition coefficient (Wildman–Crippen LogP) is 4.81. The van der Waals surface area contributed by atoms with E-state index >= 15 is 0 Å². The molecule has 1 aliphatic heterocycles. The van der Waals surface area contributed by atoms with Crippen LogP contribution >= 0.6 is 11.6 Å². The fourth-order valence-electron chi connectivity index (χ4n) is 3.71. The van der Waals surface area contributed by atoms with Crippen LogP contribution in [0, 0.1) is 5.92 Å². The molecule has 0 atom stereocenters. The number of benzene rings is 2. The number of halogens is 1. The van der Waals surface area contributed by atoms with E-state index in [9.17, 15) is 4.79 Å². The Bertz CT molecular complexity index is 818. The molecule has 1 aliphatic rings. The second-order valence-corrected chi connectivity index (χ2v) is 8.56. The highest BCUT2D eigenvalue weighted by atomic mass is 35.5. The van der Waals surface area contributed by atoms with Gasteiger partial charge in [0.2, 0.25) is 0 Å². The quantitative estimate of drug-likeness (QED) is 0.544. The molecule has 0 unspecified atom stereocenters. The fourth-order valence-corrected chi connectivity index (χ4v) is 3.96. The third kappa shape index (κ3) is 6.22. The van der Waals surface area contributed by atoms with E-state index in [1.54, 1.807) is 0 Å². The Kier molecular flexibility index (Phi) is 7.96. The first-order valence-electron chi connectivity index (χ1n) is 10.7. The maximum absolute atomic E-state index is 12.3. The first-order valence-corrected chi connectivity index (χ1v) is 11.0. The summed E-state index contributed by atoms with van der Waals surface area (Å²) in [4.78, 5) is 12.3. The van der Waals surface area contributed by atoms with Crippen LogP contribution in [0.3, 0.4) is 0 Å². The number of hydrogen-bond donors (Lipinski definition) is 3. The van der Waals surface area contributed by atoms with E-state index in [4.69, 9.17) is 11.6 Å². The Morgan fingerprint density at radius 3 is 2.62 bits per heavy atom. The highest BCUT2D eigenvalue weighted by molar-refractivity contribution is 6.33. The summed E-state index contributed by atoms with van der Waals surface area (Å²) in [7, 11) is 0. The summed E-state index contributed by atoms with van der Waals surface area (Å²) in [6.07, 6.45) is 4.16. The van der Waals surface area contributed by atoms with Crippen LogP contribution in [-0.4, -0.2) is 25.5 Å². The minimum Gasteiger partial charge on any atom is -0.380 e. The van der Waals surface area contributed by atoms with E-state index in [0.717, 1.165) is 61.6 Å². The molecule has 0 aliphatic carbocycles. The van der Waals surface area contributed by atoms with E-state index in [1.165, 1.54) is 11.1 Å². The van der Waals surface area contributed by atoms with Gasteiger partial charge in [-0.15, -0.1) is 0 Å². The number of anilines is 1. The average Bonchev–Trinajstić information content (AvgIpc) is 2.96. The first kappa shape index (κ1) is 21.7. The topological polar surface area (TPSA) is 53.2 Å². The van der Waals surface area contributed by atoms with Crippen molar-refractivity contribution < 1.29 is 4.79 Å². The SMILES string of the molecule is CC(C)CCCNC(=O)c1ccc(CNc2c(Cl)ccc3c2CCNCC3)cc1. The van der Waals surface area contributed by atoms with Crippen LogP contribution in [-0.2, 0) is 19.4 Å². The molecule has 5 heteroatoms. The molecular formula is C24H32ClN3O. The van der Waals surface area contributed by atoms with Crippen LogP contribution in [0.25, 0.3) is 0 Å².